The fourth-order valence-electron chi connectivity index (χ4n) is 3.96. The van der Waals surface area contributed by atoms with Crippen molar-refractivity contribution in [1.82, 2.24) is 24.1 Å². The predicted molar refractivity (Wildman–Crippen MR) is 139 cm³/mol. The van der Waals surface area contributed by atoms with Crippen molar-refractivity contribution in [3.63, 3.8) is 0 Å². The number of fused-ring (bicyclic) bond motifs is 3. The molecule has 2 amide bonds. The molecule has 0 radical (unpaired) electrons. The van der Waals surface area contributed by atoms with Gasteiger partial charge in [-0.05, 0) is 57.0 Å². The van der Waals surface area contributed by atoms with Crippen LogP contribution in [0.5, 0.6) is 0 Å². The number of aromatic nitrogens is 4. The number of hydrogen-bond donors (Lipinski definition) is 2. The summed E-state index contributed by atoms with van der Waals surface area (Å²) in [6.07, 6.45) is 0. The molecule has 0 aliphatic rings. The summed E-state index contributed by atoms with van der Waals surface area (Å²) in [6, 6.07) is 11.6. The fraction of sp³-hybridized carbons (Fsp3) is 0.346. The van der Waals surface area contributed by atoms with Gasteiger partial charge in [-0.2, -0.15) is 0 Å². The van der Waals surface area contributed by atoms with Crippen LogP contribution in [0.15, 0.2) is 52.1 Å². The quantitative estimate of drug-likeness (QED) is 0.413. The van der Waals surface area contributed by atoms with Gasteiger partial charge in [-0.1, -0.05) is 31.5 Å². The highest BCUT2D eigenvalue weighted by molar-refractivity contribution is 5.98. The molecule has 0 unspecified atom stereocenters. The molecule has 2 N–H and O–H groups in total. The van der Waals surface area contributed by atoms with Crippen molar-refractivity contribution in [1.29, 1.82) is 0 Å². The smallest absolute Gasteiger partial charge is 0.352 e. The minimum Gasteiger partial charge on any atom is -0.352 e. The Morgan fingerprint density at radius 2 is 1.69 bits per heavy atom. The van der Waals surface area contributed by atoms with Crippen LogP contribution in [-0.2, 0) is 11.3 Å². The Labute approximate surface area is 207 Å². The number of hydrogen-bond acceptors (Lipinski definition) is 5. The van der Waals surface area contributed by atoms with E-state index in [1.165, 1.54) is 15.0 Å². The van der Waals surface area contributed by atoms with Crippen molar-refractivity contribution >= 4 is 34.2 Å². The number of nitrogens with one attached hydrogen (secondary N) is 2. The predicted octanol–water partition coefficient (Wildman–Crippen LogP) is 2.72. The van der Waals surface area contributed by atoms with E-state index in [0.29, 0.717) is 17.8 Å². The highest BCUT2D eigenvalue weighted by Gasteiger charge is 2.21. The maximum absolute atomic E-state index is 13.4. The first-order valence-electron chi connectivity index (χ1n) is 11.9. The monoisotopic (exact) mass is 490 g/mol. The van der Waals surface area contributed by atoms with Crippen LogP contribution in [-0.4, -0.2) is 37.1 Å². The first-order valence-corrected chi connectivity index (χ1v) is 11.9. The number of nitrogens with zero attached hydrogens (tertiary/aromatic N) is 4. The van der Waals surface area contributed by atoms with Crippen LogP contribution in [0.3, 0.4) is 0 Å². The van der Waals surface area contributed by atoms with E-state index in [1.807, 2.05) is 46.8 Å². The molecule has 2 aromatic heterocycles. The zero-order valence-corrected chi connectivity index (χ0v) is 21.0. The molecular weight excluding hydrogens is 460 g/mol. The molecule has 0 aliphatic heterocycles. The summed E-state index contributed by atoms with van der Waals surface area (Å²) in [4.78, 5) is 52.1. The first-order chi connectivity index (χ1) is 17.1. The van der Waals surface area contributed by atoms with Crippen LogP contribution in [0, 0.1) is 12.8 Å². The molecule has 0 fully saturated rings. The molecule has 4 rings (SSSR count). The number of amides is 2. The molecule has 0 spiro atoms. The molecule has 0 aliphatic carbocycles. The minimum absolute atomic E-state index is 0.107. The van der Waals surface area contributed by atoms with Crippen molar-refractivity contribution in [2.45, 2.75) is 47.2 Å². The van der Waals surface area contributed by atoms with Crippen LogP contribution in [0.1, 0.15) is 49.7 Å². The van der Waals surface area contributed by atoms with Crippen molar-refractivity contribution in [2.75, 3.05) is 11.9 Å². The van der Waals surface area contributed by atoms with Gasteiger partial charge in [0, 0.05) is 23.8 Å². The first kappa shape index (κ1) is 24.9. The van der Waals surface area contributed by atoms with Crippen molar-refractivity contribution in [2.24, 2.45) is 5.92 Å². The minimum atomic E-state index is -0.580. The van der Waals surface area contributed by atoms with E-state index in [2.05, 4.69) is 15.7 Å². The van der Waals surface area contributed by atoms with Crippen molar-refractivity contribution in [3.8, 4) is 0 Å². The zero-order valence-electron chi connectivity index (χ0n) is 21.0. The standard InChI is InChI=1S/C26H30N6O4/c1-15(2)13-27-23(34)18-8-11-20-21(12-18)32-25(31(16(3)4)24(20)35)29-30(26(32)36)14-22(33)28-19-9-6-17(5)7-10-19/h6-12,15-16H,13-14H2,1-5H3,(H,27,34)(H,28,33). The number of benzene rings is 2. The third kappa shape index (κ3) is 4.79. The number of anilines is 1. The van der Waals surface area contributed by atoms with E-state index in [1.54, 1.807) is 24.3 Å². The van der Waals surface area contributed by atoms with Gasteiger partial charge in [0.05, 0.1) is 10.9 Å². The largest absolute Gasteiger partial charge is 0.352 e. The second-order valence-electron chi connectivity index (χ2n) is 9.59. The SMILES string of the molecule is Cc1ccc(NC(=O)Cn2nc3n(C(C)C)c(=O)c4ccc(C(=O)NCC(C)C)cc4n3c2=O)cc1. The average molecular weight is 491 g/mol. The topological polar surface area (TPSA) is 120 Å². The highest BCUT2D eigenvalue weighted by atomic mass is 16.2. The van der Waals surface area contributed by atoms with Gasteiger partial charge in [0.1, 0.15) is 6.54 Å². The molecule has 188 valence electrons. The second kappa shape index (κ2) is 9.80. The molecule has 0 saturated heterocycles. The Hall–Kier alpha value is -4.21. The van der Waals surface area contributed by atoms with Crippen LogP contribution in [0.25, 0.3) is 16.7 Å². The lowest BCUT2D eigenvalue weighted by Gasteiger charge is -2.13. The van der Waals surface area contributed by atoms with Gasteiger partial charge in [0.25, 0.3) is 11.5 Å². The number of carbonyl (C=O) groups is 2. The second-order valence-corrected chi connectivity index (χ2v) is 9.59. The summed E-state index contributed by atoms with van der Waals surface area (Å²) in [5.41, 5.74) is 1.33. The van der Waals surface area contributed by atoms with Gasteiger partial charge in [-0.25, -0.2) is 13.9 Å². The van der Waals surface area contributed by atoms with Crippen LogP contribution < -0.4 is 21.9 Å². The van der Waals surface area contributed by atoms with Gasteiger partial charge in [-0.3, -0.25) is 19.0 Å². The summed E-state index contributed by atoms with van der Waals surface area (Å²) in [5.74, 6) is -0.354. The molecule has 0 bridgehead atoms. The maximum Gasteiger partial charge on any atom is 0.352 e. The summed E-state index contributed by atoms with van der Waals surface area (Å²) in [5, 5.41) is 10.2. The summed E-state index contributed by atoms with van der Waals surface area (Å²) in [7, 11) is 0. The van der Waals surface area contributed by atoms with E-state index in [0.717, 1.165) is 10.2 Å². The molecule has 2 heterocycles. The fourth-order valence-corrected chi connectivity index (χ4v) is 3.96. The van der Waals surface area contributed by atoms with E-state index in [9.17, 15) is 19.2 Å². The van der Waals surface area contributed by atoms with Gasteiger partial charge in [0.2, 0.25) is 11.7 Å². The third-order valence-corrected chi connectivity index (χ3v) is 5.80. The zero-order chi connectivity index (χ0) is 26.1. The van der Waals surface area contributed by atoms with E-state index in [4.69, 9.17) is 0 Å². The molecule has 10 nitrogen and oxygen atoms in total. The molecule has 4 aromatic rings. The molecule has 10 heteroatoms. The molecule has 0 atom stereocenters. The van der Waals surface area contributed by atoms with Crippen LogP contribution >= 0.6 is 0 Å². The van der Waals surface area contributed by atoms with E-state index < -0.39 is 11.6 Å². The number of rotatable bonds is 7. The third-order valence-electron chi connectivity index (χ3n) is 5.80. The van der Waals surface area contributed by atoms with E-state index in [-0.39, 0.29) is 46.7 Å². The van der Waals surface area contributed by atoms with Crippen molar-refractivity contribution < 1.29 is 9.59 Å². The van der Waals surface area contributed by atoms with Crippen LogP contribution in [0.2, 0.25) is 0 Å². The Morgan fingerprint density at radius 3 is 2.33 bits per heavy atom. The normalized spacial score (nSPS) is 11.5. The molecule has 0 saturated carbocycles. The van der Waals surface area contributed by atoms with Crippen LogP contribution in [0.4, 0.5) is 5.69 Å². The molecule has 2 aromatic carbocycles. The molecular formula is C26H30N6O4. The Kier molecular flexibility index (Phi) is 6.78. The maximum atomic E-state index is 13.4. The lowest BCUT2D eigenvalue weighted by atomic mass is 10.1. The summed E-state index contributed by atoms with van der Waals surface area (Å²) < 4.78 is 3.73. The lowest BCUT2D eigenvalue weighted by Crippen LogP contribution is -2.30. The number of aryl methyl sites for hydroxylation is 1. The average Bonchev–Trinajstić information content (AvgIpc) is 3.13. The summed E-state index contributed by atoms with van der Waals surface area (Å²) >= 11 is 0. The number of carbonyl (C=O) groups excluding carboxylic acids is 2. The highest BCUT2D eigenvalue weighted by Crippen LogP contribution is 2.17. The Balaban J connectivity index is 1.81. The van der Waals surface area contributed by atoms with Gasteiger partial charge < -0.3 is 10.6 Å². The lowest BCUT2D eigenvalue weighted by molar-refractivity contribution is -0.117. The van der Waals surface area contributed by atoms with Crippen molar-refractivity contribution in [3.05, 3.63) is 74.4 Å². The van der Waals surface area contributed by atoms with Gasteiger partial charge >= 0.3 is 5.69 Å². The Morgan fingerprint density at radius 1 is 1.00 bits per heavy atom. The van der Waals surface area contributed by atoms with Gasteiger partial charge in [-0.15, -0.1) is 5.10 Å². The summed E-state index contributed by atoms with van der Waals surface area (Å²) in [6.45, 7) is 9.71. The van der Waals surface area contributed by atoms with E-state index >= 15 is 0 Å². The van der Waals surface area contributed by atoms with Gasteiger partial charge in [0.15, 0.2) is 0 Å². The Bertz CT molecular complexity index is 1570. The molecule has 36 heavy (non-hydrogen) atoms.